The molecule has 4 aromatic rings. The third kappa shape index (κ3) is 6.20. The summed E-state index contributed by atoms with van der Waals surface area (Å²) in [5, 5.41) is 20.5. The zero-order valence-corrected chi connectivity index (χ0v) is 26.6. The third-order valence-corrected chi connectivity index (χ3v) is 9.36. The number of aliphatic hydroxyl groups is 1. The maximum absolute atomic E-state index is 13.7. The van der Waals surface area contributed by atoms with Crippen LogP contribution < -0.4 is 23.8 Å². The molecule has 0 saturated carbocycles. The van der Waals surface area contributed by atoms with Crippen molar-refractivity contribution >= 4 is 45.7 Å². The first-order valence-corrected chi connectivity index (χ1v) is 16.3. The van der Waals surface area contributed by atoms with Gasteiger partial charge in [-0.25, -0.2) is 0 Å². The van der Waals surface area contributed by atoms with Crippen molar-refractivity contribution in [3.8, 4) is 23.0 Å². The van der Waals surface area contributed by atoms with Gasteiger partial charge in [0.25, 0.3) is 5.78 Å². The van der Waals surface area contributed by atoms with Crippen molar-refractivity contribution in [3.63, 3.8) is 0 Å². The van der Waals surface area contributed by atoms with Crippen LogP contribution in [0.1, 0.15) is 42.1 Å². The summed E-state index contributed by atoms with van der Waals surface area (Å²) in [5.41, 5.74) is 3.05. The lowest BCUT2D eigenvalue weighted by Gasteiger charge is -2.24. The number of aromatic nitrogens is 2. The van der Waals surface area contributed by atoms with E-state index in [1.54, 1.807) is 36.4 Å². The zero-order chi connectivity index (χ0) is 31.5. The zero-order valence-electron chi connectivity index (χ0n) is 24.9. The summed E-state index contributed by atoms with van der Waals surface area (Å²) in [7, 11) is 0. The predicted molar refractivity (Wildman–Crippen MR) is 172 cm³/mol. The number of amides is 1. The quantitative estimate of drug-likeness (QED) is 0.0688. The molecule has 0 bridgehead atoms. The van der Waals surface area contributed by atoms with Crippen molar-refractivity contribution in [1.29, 1.82) is 0 Å². The van der Waals surface area contributed by atoms with Crippen molar-refractivity contribution in [1.82, 2.24) is 10.2 Å². The van der Waals surface area contributed by atoms with E-state index < -0.39 is 17.7 Å². The Balaban J connectivity index is 1.42. The molecule has 1 N–H and O–H groups in total. The maximum atomic E-state index is 13.7. The predicted octanol–water partition coefficient (Wildman–Crippen LogP) is 6.33. The molecule has 1 amide bonds. The molecule has 2 aliphatic rings. The van der Waals surface area contributed by atoms with Gasteiger partial charge in [-0.1, -0.05) is 59.0 Å². The van der Waals surface area contributed by atoms with Crippen LogP contribution in [0.15, 0.2) is 70.6 Å². The van der Waals surface area contributed by atoms with Crippen LogP contribution in [-0.2, 0) is 15.3 Å². The Morgan fingerprint density at radius 2 is 1.69 bits per heavy atom. The summed E-state index contributed by atoms with van der Waals surface area (Å²) in [4.78, 5) is 28.8. The Morgan fingerprint density at radius 3 is 2.44 bits per heavy atom. The summed E-state index contributed by atoms with van der Waals surface area (Å²) in [6.07, 6.45) is 0. The largest absolute Gasteiger partial charge is 0.507 e. The number of ketones is 1. The van der Waals surface area contributed by atoms with Crippen molar-refractivity contribution in [3.05, 3.63) is 88.5 Å². The van der Waals surface area contributed by atoms with Crippen LogP contribution in [0.2, 0.25) is 0 Å². The highest BCUT2D eigenvalue weighted by atomic mass is 32.2. The first-order chi connectivity index (χ1) is 21.9. The van der Waals surface area contributed by atoms with Crippen molar-refractivity contribution in [2.24, 2.45) is 0 Å². The summed E-state index contributed by atoms with van der Waals surface area (Å²) in [6, 6.07) is 17.3. The Morgan fingerprint density at radius 1 is 0.956 bits per heavy atom. The molecular weight excluding hydrogens is 615 g/mol. The number of hydrogen-bond acceptors (Lipinski definition) is 11. The second-order valence-electron chi connectivity index (χ2n) is 10.2. The number of benzene rings is 3. The molecule has 45 heavy (non-hydrogen) atoms. The number of thioether (sulfide) groups is 1. The van der Waals surface area contributed by atoms with Crippen LogP contribution in [0.25, 0.3) is 5.76 Å². The lowest BCUT2D eigenvalue weighted by Crippen LogP contribution is -2.29. The Hall–Kier alpha value is -4.55. The van der Waals surface area contributed by atoms with E-state index in [1.165, 1.54) is 33.6 Å². The van der Waals surface area contributed by atoms with Gasteiger partial charge in [0.2, 0.25) is 5.13 Å². The molecule has 1 saturated heterocycles. The normalized spacial score (nSPS) is 17.0. The van der Waals surface area contributed by atoms with Gasteiger partial charge in [0.1, 0.15) is 19.0 Å². The average molecular weight is 646 g/mol. The number of fused-ring (bicyclic) bond motifs is 1. The molecule has 2 aliphatic heterocycles. The number of anilines is 1. The number of aliphatic hydroxyl groups excluding tert-OH is 1. The lowest BCUT2D eigenvalue weighted by molar-refractivity contribution is -0.132. The molecule has 3 aromatic carbocycles. The highest BCUT2D eigenvalue weighted by Gasteiger charge is 2.48. The molecule has 6 rings (SSSR count). The van der Waals surface area contributed by atoms with Gasteiger partial charge in [-0.05, 0) is 62.2 Å². The fourth-order valence-corrected chi connectivity index (χ4v) is 6.94. The minimum Gasteiger partial charge on any atom is -0.507 e. The second-order valence-corrected chi connectivity index (χ2v) is 12.4. The fourth-order valence-electron chi connectivity index (χ4n) is 5.12. The number of nitrogens with zero attached hydrogens (tertiary/aromatic N) is 3. The van der Waals surface area contributed by atoms with Gasteiger partial charge in [-0.2, -0.15) is 0 Å². The van der Waals surface area contributed by atoms with E-state index in [9.17, 15) is 14.7 Å². The van der Waals surface area contributed by atoms with Crippen LogP contribution >= 0.6 is 23.1 Å². The molecule has 0 spiro atoms. The van der Waals surface area contributed by atoms with E-state index >= 15 is 0 Å². The van der Waals surface area contributed by atoms with Gasteiger partial charge in [0.05, 0.1) is 24.8 Å². The second kappa shape index (κ2) is 13.2. The van der Waals surface area contributed by atoms with E-state index in [0.29, 0.717) is 70.6 Å². The number of hydrogen-bond donors (Lipinski definition) is 1. The number of aryl methyl sites for hydroxylation is 1. The summed E-state index contributed by atoms with van der Waals surface area (Å²) < 4.78 is 23.6. The first-order valence-electron chi connectivity index (χ1n) is 14.5. The average Bonchev–Trinajstić information content (AvgIpc) is 3.63. The molecular formula is C33H31N3O7S2. The van der Waals surface area contributed by atoms with Crippen molar-refractivity contribution < 1.29 is 33.6 Å². The van der Waals surface area contributed by atoms with E-state index in [2.05, 4.69) is 34.5 Å². The highest BCUT2D eigenvalue weighted by molar-refractivity contribution is 8.00. The first kappa shape index (κ1) is 30.5. The summed E-state index contributed by atoms with van der Waals surface area (Å²) in [5.74, 6) is 0.606. The molecule has 1 fully saturated rings. The maximum Gasteiger partial charge on any atom is 0.301 e. The molecule has 0 unspecified atom stereocenters. The summed E-state index contributed by atoms with van der Waals surface area (Å²) >= 11 is 2.70. The lowest BCUT2D eigenvalue weighted by atomic mass is 9.95. The number of carbonyl (C=O) groups excluding carboxylic acids is 2. The van der Waals surface area contributed by atoms with Crippen molar-refractivity contribution in [2.75, 3.05) is 31.3 Å². The number of ether oxygens (including phenoxy) is 4. The van der Waals surface area contributed by atoms with E-state index in [-0.39, 0.29) is 16.5 Å². The smallest absolute Gasteiger partial charge is 0.301 e. The van der Waals surface area contributed by atoms with Gasteiger partial charge < -0.3 is 24.1 Å². The molecule has 1 aromatic heterocycles. The van der Waals surface area contributed by atoms with Gasteiger partial charge in [-0.3, -0.25) is 14.5 Å². The minimum absolute atomic E-state index is 0.0904. The summed E-state index contributed by atoms with van der Waals surface area (Å²) in [6.45, 7) is 7.33. The molecule has 0 aliphatic carbocycles. The van der Waals surface area contributed by atoms with E-state index in [4.69, 9.17) is 18.9 Å². The van der Waals surface area contributed by atoms with Crippen LogP contribution in [0.5, 0.6) is 23.0 Å². The minimum atomic E-state index is -1.02. The molecule has 232 valence electrons. The van der Waals surface area contributed by atoms with Crippen LogP contribution in [-0.4, -0.2) is 53.4 Å². The van der Waals surface area contributed by atoms with Crippen LogP contribution in [0, 0.1) is 6.92 Å². The highest BCUT2D eigenvalue weighted by Crippen LogP contribution is 2.46. The fraction of sp³-hybridized carbons (Fsp3) is 0.273. The SMILES string of the molecule is CCOc1ccc([C@H]2/C(=C(\O)c3ccc4c(c3)OCCO4)C(=O)C(=O)N2c2nnc(SCc3ccc(C)cc3)s2)cc1OCC. The Bertz CT molecular complexity index is 1770. The van der Waals surface area contributed by atoms with Crippen LogP contribution in [0.4, 0.5) is 5.13 Å². The van der Waals surface area contributed by atoms with Gasteiger partial charge in [0, 0.05) is 11.3 Å². The number of rotatable bonds is 10. The molecule has 10 nitrogen and oxygen atoms in total. The monoisotopic (exact) mass is 645 g/mol. The van der Waals surface area contributed by atoms with E-state index in [0.717, 1.165) is 5.56 Å². The van der Waals surface area contributed by atoms with Gasteiger partial charge in [0.15, 0.2) is 27.3 Å². The number of carbonyl (C=O) groups is 2. The molecule has 12 heteroatoms. The van der Waals surface area contributed by atoms with E-state index in [1.807, 2.05) is 20.8 Å². The van der Waals surface area contributed by atoms with Gasteiger partial charge in [-0.15, -0.1) is 10.2 Å². The standard InChI is InChI=1S/C33H31N3O7S2/c1-4-40-23-12-10-21(16-25(23)41-5-2)28-27(29(37)22-11-13-24-26(17-22)43-15-14-42-24)30(38)31(39)36(28)32-34-35-33(45-32)44-18-20-8-6-19(3)7-9-20/h6-13,16-17,28,37H,4-5,14-15,18H2,1-3H3/b29-27+/t28-/m0/s1. The Labute approximate surface area is 268 Å². The topological polar surface area (TPSA) is 120 Å². The van der Waals surface area contributed by atoms with Crippen molar-refractivity contribution in [2.45, 2.75) is 36.9 Å². The van der Waals surface area contributed by atoms with Gasteiger partial charge >= 0.3 is 5.91 Å². The third-order valence-electron chi connectivity index (χ3n) is 7.23. The Kier molecular flexibility index (Phi) is 8.95. The molecule has 0 radical (unpaired) electrons. The molecule has 1 atom stereocenters. The van der Waals surface area contributed by atoms with Crippen LogP contribution in [0.3, 0.4) is 0 Å². The number of Topliss-reactive ketones (excluding diaryl/α,β-unsaturated/α-hetero) is 1. The molecule has 3 heterocycles.